The molecule has 1 aromatic rings. The number of benzene rings is 1. The third-order valence-electron chi connectivity index (χ3n) is 2.04. The van der Waals surface area contributed by atoms with Crippen molar-refractivity contribution in [3.8, 4) is 5.75 Å². The minimum atomic E-state index is 0.643. The normalized spacial score (nSPS) is 10.1. The van der Waals surface area contributed by atoms with Gasteiger partial charge >= 0.3 is 0 Å². The van der Waals surface area contributed by atoms with Crippen LogP contribution in [0.2, 0.25) is 5.02 Å². The summed E-state index contributed by atoms with van der Waals surface area (Å²) < 4.78 is 6.54. The van der Waals surface area contributed by atoms with Gasteiger partial charge in [0.2, 0.25) is 0 Å². The Morgan fingerprint density at radius 2 is 2.31 bits per heavy atom. The van der Waals surface area contributed by atoms with Crippen molar-refractivity contribution in [2.75, 3.05) is 19.7 Å². The van der Waals surface area contributed by atoms with Crippen molar-refractivity contribution in [2.45, 2.75) is 6.42 Å². The zero-order valence-corrected chi connectivity index (χ0v) is 11.4. The number of halogens is 2. The molecule has 0 atom stereocenters. The van der Waals surface area contributed by atoms with E-state index in [1.165, 1.54) is 0 Å². The van der Waals surface area contributed by atoms with Gasteiger partial charge in [0.1, 0.15) is 5.75 Å². The molecular weight excluding hydrogens is 289 g/mol. The van der Waals surface area contributed by atoms with Gasteiger partial charge in [-0.05, 0) is 24.3 Å². The standard InChI is InChI=1S/C12H15BrClNO/c1-2-6-15-7-3-8-16-12-5-4-10(13)9-11(12)14/h2,4-5,9,15H,1,3,6-8H2/p+1. The molecule has 0 aliphatic rings. The average molecular weight is 306 g/mol. The van der Waals surface area contributed by atoms with Gasteiger partial charge < -0.3 is 10.1 Å². The maximum absolute atomic E-state index is 6.02. The summed E-state index contributed by atoms with van der Waals surface area (Å²) in [6, 6.07) is 5.63. The molecule has 0 aliphatic carbocycles. The second-order valence-electron chi connectivity index (χ2n) is 3.38. The van der Waals surface area contributed by atoms with Gasteiger partial charge in [-0.2, -0.15) is 0 Å². The number of nitrogens with two attached hydrogens (primary N) is 1. The molecule has 88 valence electrons. The first-order valence-corrected chi connectivity index (χ1v) is 6.41. The lowest BCUT2D eigenvalue weighted by Gasteiger charge is -2.07. The van der Waals surface area contributed by atoms with Crippen LogP contribution in [0, 0.1) is 0 Å². The molecule has 0 heterocycles. The third-order valence-corrected chi connectivity index (χ3v) is 2.83. The van der Waals surface area contributed by atoms with Crippen LogP contribution in [-0.2, 0) is 0 Å². The highest BCUT2D eigenvalue weighted by Gasteiger charge is 2.01. The van der Waals surface area contributed by atoms with E-state index in [1.54, 1.807) is 0 Å². The van der Waals surface area contributed by atoms with Crippen molar-refractivity contribution < 1.29 is 10.1 Å². The number of ether oxygens (including phenoxy) is 1. The zero-order valence-electron chi connectivity index (χ0n) is 9.09. The average Bonchev–Trinajstić information content (AvgIpc) is 2.26. The quantitative estimate of drug-likeness (QED) is 0.608. The lowest BCUT2D eigenvalue weighted by atomic mass is 10.3. The van der Waals surface area contributed by atoms with E-state index in [2.05, 4.69) is 27.8 Å². The molecule has 0 fully saturated rings. The lowest BCUT2D eigenvalue weighted by Crippen LogP contribution is -2.84. The highest BCUT2D eigenvalue weighted by Crippen LogP contribution is 2.27. The summed E-state index contributed by atoms with van der Waals surface area (Å²) in [5.41, 5.74) is 0. The van der Waals surface area contributed by atoms with Crippen molar-refractivity contribution in [1.82, 2.24) is 0 Å². The van der Waals surface area contributed by atoms with Crippen molar-refractivity contribution in [2.24, 2.45) is 0 Å². The second-order valence-corrected chi connectivity index (χ2v) is 4.70. The van der Waals surface area contributed by atoms with Gasteiger partial charge in [-0.3, -0.25) is 0 Å². The summed E-state index contributed by atoms with van der Waals surface area (Å²) in [5.74, 6) is 0.744. The van der Waals surface area contributed by atoms with Crippen LogP contribution in [0.5, 0.6) is 5.75 Å². The Morgan fingerprint density at radius 3 is 3.00 bits per heavy atom. The molecule has 0 amide bonds. The van der Waals surface area contributed by atoms with Gasteiger partial charge in [-0.15, -0.1) is 0 Å². The minimum Gasteiger partial charge on any atom is -0.492 e. The monoisotopic (exact) mass is 304 g/mol. The number of hydrogen-bond acceptors (Lipinski definition) is 1. The molecule has 0 saturated heterocycles. The summed E-state index contributed by atoms with van der Waals surface area (Å²) in [6.45, 7) is 6.35. The first-order chi connectivity index (χ1) is 7.74. The van der Waals surface area contributed by atoms with Crippen molar-refractivity contribution >= 4 is 27.5 Å². The molecule has 0 aliphatic heterocycles. The molecular formula is C12H16BrClNO+. The van der Waals surface area contributed by atoms with Crippen LogP contribution in [0.15, 0.2) is 35.3 Å². The Labute approximate surface area is 110 Å². The van der Waals surface area contributed by atoms with Crippen LogP contribution >= 0.6 is 27.5 Å². The van der Waals surface area contributed by atoms with E-state index in [1.807, 2.05) is 24.3 Å². The predicted octanol–water partition coefficient (Wildman–Crippen LogP) is 2.62. The fraction of sp³-hybridized carbons (Fsp3) is 0.333. The molecule has 0 radical (unpaired) electrons. The van der Waals surface area contributed by atoms with Gasteiger partial charge in [0.05, 0.1) is 24.7 Å². The fourth-order valence-corrected chi connectivity index (χ4v) is 1.97. The van der Waals surface area contributed by atoms with Crippen LogP contribution < -0.4 is 10.1 Å². The summed E-state index contributed by atoms with van der Waals surface area (Å²) in [4.78, 5) is 0. The summed E-state index contributed by atoms with van der Waals surface area (Å²) in [6.07, 6.45) is 2.90. The largest absolute Gasteiger partial charge is 0.492 e. The first-order valence-electron chi connectivity index (χ1n) is 5.24. The van der Waals surface area contributed by atoms with Crippen LogP contribution in [0.3, 0.4) is 0 Å². The molecule has 0 aromatic heterocycles. The third kappa shape index (κ3) is 5.01. The Bertz CT molecular complexity index is 344. The molecule has 16 heavy (non-hydrogen) atoms. The molecule has 2 N–H and O–H groups in total. The maximum atomic E-state index is 6.02. The van der Waals surface area contributed by atoms with E-state index in [9.17, 15) is 0 Å². The predicted molar refractivity (Wildman–Crippen MR) is 71.1 cm³/mol. The topological polar surface area (TPSA) is 25.8 Å². The van der Waals surface area contributed by atoms with Crippen LogP contribution in [0.1, 0.15) is 6.42 Å². The molecule has 0 bridgehead atoms. The summed E-state index contributed by atoms with van der Waals surface area (Å²) >= 11 is 9.37. The molecule has 1 aromatic carbocycles. The van der Waals surface area contributed by atoms with Crippen LogP contribution in [-0.4, -0.2) is 19.7 Å². The fourth-order valence-electron chi connectivity index (χ4n) is 1.24. The molecule has 0 saturated carbocycles. The van der Waals surface area contributed by atoms with Gasteiger partial charge in [-0.25, -0.2) is 0 Å². The van der Waals surface area contributed by atoms with Crippen molar-refractivity contribution in [3.05, 3.63) is 40.3 Å². The van der Waals surface area contributed by atoms with Gasteiger partial charge in [0.25, 0.3) is 0 Å². The van der Waals surface area contributed by atoms with Crippen molar-refractivity contribution in [3.63, 3.8) is 0 Å². The lowest BCUT2D eigenvalue weighted by molar-refractivity contribution is -0.646. The van der Waals surface area contributed by atoms with E-state index in [-0.39, 0.29) is 0 Å². The van der Waals surface area contributed by atoms with E-state index < -0.39 is 0 Å². The SMILES string of the molecule is C=CC[NH2+]CCCOc1ccc(Br)cc1Cl. The molecule has 0 unspecified atom stereocenters. The summed E-state index contributed by atoms with van der Waals surface area (Å²) in [5, 5.41) is 2.84. The Morgan fingerprint density at radius 1 is 1.50 bits per heavy atom. The summed E-state index contributed by atoms with van der Waals surface area (Å²) in [7, 11) is 0. The van der Waals surface area contributed by atoms with Crippen LogP contribution in [0.4, 0.5) is 0 Å². The van der Waals surface area contributed by atoms with E-state index >= 15 is 0 Å². The Kier molecular flexibility index (Phi) is 6.53. The maximum Gasteiger partial charge on any atom is 0.137 e. The van der Waals surface area contributed by atoms with Gasteiger partial charge in [0, 0.05) is 10.9 Å². The Balaban J connectivity index is 2.24. The van der Waals surface area contributed by atoms with E-state index in [0.717, 1.165) is 29.7 Å². The molecule has 0 spiro atoms. The minimum absolute atomic E-state index is 0.643. The van der Waals surface area contributed by atoms with E-state index in [4.69, 9.17) is 16.3 Å². The second kappa shape index (κ2) is 7.71. The number of rotatable bonds is 7. The number of quaternary nitrogens is 1. The highest BCUT2D eigenvalue weighted by molar-refractivity contribution is 9.10. The van der Waals surface area contributed by atoms with Gasteiger partial charge in [-0.1, -0.05) is 34.1 Å². The van der Waals surface area contributed by atoms with E-state index in [0.29, 0.717) is 11.6 Å². The smallest absolute Gasteiger partial charge is 0.137 e. The highest BCUT2D eigenvalue weighted by atomic mass is 79.9. The zero-order chi connectivity index (χ0) is 11.8. The van der Waals surface area contributed by atoms with Gasteiger partial charge in [0.15, 0.2) is 0 Å². The van der Waals surface area contributed by atoms with Crippen molar-refractivity contribution in [1.29, 1.82) is 0 Å². The Hall–Kier alpha value is -0.510. The molecule has 4 heteroatoms. The first kappa shape index (κ1) is 13.6. The van der Waals surface area contributed by atoms with Crippen LogP contribution in [0.25, 0.3) is 0 Å². The number of hydrogen-bond donors (Lipinski definition) is 1. The molecule has 2 nitrogen and oxygen atoms in total. The molecule has 1 rings (SSSR count).